The second kappa shape index (κ2) is 6.87. The molecule has 0 heterocycles. The van der Waals surface area contributed by atoms with E-state index in [4.69, 9.17) is 0 Å². The average molecular weight is 217 g/mol. The van der Waals surface area contributed by atoms with Crippen molar-refractivity contribution in [3.8, 4) is 0 Å². The number of carbonyl (C=O) groups is 2. The van der Waals surface area contributed by atoms with Gasteiger partial charge in [-0.1, -0.05) is 13.8 Å². The molecule has 0 spiro atoms. The molecule has 3 nitrogen and oxygen atoms in total. The van der Waals surface area contributed by atoms with Gasteiger partial charge in [-0.15, -0.1) is 0 Å². The minimum atomic E-state index is -0.248. The molecule has 0 aliphatic heterocycles. The van der Waals surface area contributed by atoms with E-state index >= 15 is 0 Å². The van der Waals surface area contributed by atoms with E-state index in [1.807, 2.05) is 20.1 Å². The third-order valence-corrected chi connectivity index (χ3v) is 2.86. The molecule has 0 N–H and O–H groups in total. The molecule has 0 radical (unpaired) electrons. The fourth-order valence-electron chi connectivity index (χ4n) is 1.24. The monoisotopic (exact) mass is 217 g/mol. The SMILES string of the molecule is CCC(=O)[C@H](CSC)N(C)C(=O)CC. The van der Waals surface area contributed by atoms with Gasteiger partial charge in [0, 0.05) is 25.6 Å². The summed E-state index contributed by atoms with van der Waals surface area (Å²) in [5, 5.41) is 0. The van der Waals surface area contributed by atoms with Crippen LogP contribution in [0.4, 0.5) is 0 Å². The molecule has 0 aromatic carbocycles. The van der Waals surface area contributed by atoms with E-state index < -0.39 is 0 Å². The number of hydrogen-bond acceptors (Lipinski definition) is 3. The summed E-state index contributed by atoms with van der Waals surface area (Å²) in [4.78, 5) is 24.5. The summed E-state index contributed by atoms with van der Waals surface area (Å²) in [5.74, 6) is 0.865. The summed E-state index contributed by atoms with van der Waals surface area (Å²) in [7, 11) is 1.71. The topological polar surface area (TPSA) is 37.4 Å². The summed E-state index contributed by atoms with van der Waals surface area (Å²) < 4.78 is 0. The molecule has 4 heteroatoms. The molecule has 0 saturated heterocycles. The number of rotatable bonds is 6. The first kappa shape index (κ1) is 13.5. The van der Waals surface area contributed by atoms with E-state index in [9.17, 15) is 9.59 Å². The minimum Gasteiger partial charge on any atom is -0.335 e. The van der Waals surface area contributed by atoms with Crippen LogP contribution in [0, 0.1) is 0 Å². The smallest absolute Gasteiger partial charge is 0.222 e. The van der Waals surface area contributed by atoms with Gasteiger partial charge >= 0.3 is 0 Å². The molecule has 0 bridgehead atoms. The number of likely N-dealkylation sites (N-methyl/N-ethyl adjacent to an activating group) is 1. The van der Waals surface area contributed by atoms with Gasteiger partial charge in [0.15, 0.2) is 5.78 Å². The Balaban J connectivity index is 4.47. The molecular weight excluding hydrogens is 198 g/mol. The minimum absolute atomic E-state index is 0.0332. The normalized spacial score (nSPS) is 12.3. The Morgan fingerprint density at radius 2 is 1.86 bits per heavy atom. The van der Waals surface area contributed by atoms with Gasteiger partial charge in [-0.05, 0) is 6.26 Å². The van der Waals surface area contributed by atoms with Crippen LogP contribution in [0.3, 0.4) is 0 Å². The predicted octanol–water partition coefficient (Wildman–Crippen LogP) is 1.57. The van der Waals surface area contributed by atoms with Gasteiger partial charge in [-0.3, -0.25) is 9.59 Å². The molecule has 0 aliphatic rings. The third-order valence-electron chi connectivity index (χ3n) is 2.21. The zero-order valence-electron chi connectivity index (χ0n) is 9.37. The predicted molar refractivity (Wildman–Crippen MR) is 60.5 cm³/mol. The summed E-state index contributed by atoms with van der Waals surface area (Å²) in [5.41, 5.74) is 0. The van der Waals surface area contributed by atoms with Gasteiger partial charge in [0.25, 0.3) is 0 Å². The van der Waals surface area contributed by atoms with Crippen molar-refractivity contribution < 1.29 is 9.59 Å². The average Bonchev–Trinajstić information content (AvgIpc) is 2.22. The van der Waals surface area contributed by atoms with Crippen molar-refractivity contribution in [1.29, 1.82) is 0 Å². The molecular formula is C10H19NO2S. The number of hydrogen-bond donors (Lipinski definition) is 0. The van der Waals surface area contributed by atoms with Gasteiger partial charge < -0.3 is 4.90 Å². The van der Waals surface area contributed by atoms with Crippen molar-refractivity contribution in [1.82, 2.24) is 4.90 Å². The van der Waals surface area contributed by atoms with Crippen molar-refractivity contribution in [2.45, 2.75) is 32.7 Å². The summed E-state index contributed by atoms with van der Waals surface area (Å²) in [6, 6.07) is -0.248. The van der Waals surface area contributed by atoms with Gasteiger partial charge in [0.2, 0.25) is 5.91 Å². The number of carbonyl (C=O) groups excluding carboxylic acids is 2. The Labute approximate surface area is 90.2 Å². The molecule has 0 aliphatic carbocycles. The molecule has 14 heavy (non-hydrogen) atoms. The van der Waals surface area contributed by atoms with E-state index in [0.29, 0.717) is 18.6 Å². The molecule has 0 aromatic heterocycles. The maximum absolute atomic E-state index is 11.6. The highest BCUT2D eigenvalue weighted by atomic mass is 32.2. The van der Waals surface area contributed by atoms with Crippen LogP contribution < -0.4 is 0 Å². The standard InChI is InChI=1S/C10H19NO2S/c1-5-9(12)8(7-14-4)11(3)10(13)6-2/h8H,5-7H2,1-4H3/t8-/m0/s1. The largest absolute Gasteiger partial charge is 0.335 e. The van der Waals surface area contributed by atoms with E-state index in [1.165, 1.54) is 0 Å². The highest BCUT2D eigenvalue weighted by Gasteiger charge is 2.23. The van der Waals surface area contributed by atoms with Crippen LogP contribution in [0.25, 0.3) is 0 Å². The quantitative estimate of drug-likeness (QED) is 0.677. The maximum Gasteiger partial charge on any atom is 0.222 e. The Morgan fingerprint density at radius 1 is 1.29 bits per heavy atom. The van der Waals surface area contributed by atoms with Crippen LogP contribution in [0.5, 0.6) is 0 Å². The first-order valence-corrected chi connectivity index (χ1v) is 6.25. The molecule has 0 unspecified atom stereocenters. The first-order chi connectivity index (χ1) is 6.58. The number of amides is 1. The van der Waals surface area contributed by atoms with E-state index in [2.05, 4.69) is 0 Å². The lowest BCUT2D eigenvalue weighted by molar-refractivity contribution is -0.136. The molecule has 0 aromatic rings. The van der Waals surface area contributed by atoms with Crippen LogP contribution in [-0.2, 0) is 9.59 Å². The third kappa shape index (κ3) is 3.70. The Kier molecular flexibility index (Phi) is 6.62. The van der Waals surface area contributed by atoms with Gasteiger partial charge in [-0.2, -0.15) is 11.8 Å². The second-order valence-corrected chi connectivity index (χ2v) is 4.06. The Hall–Kier alpha value is -0.510. The van der Waals surface area contributed by atoms with Crippen LogP contribution >= 0.6 is 11.8 Å². The van der Waals surface area contributed by atoms with Gasteiger partial charge in [0.05, 0.1) is 6.04 Å². The van der Waals surface area contributed by atoms with Gasteiger partial charge in [0.1, 0.15) is 0 Å². The van der Waals surface area contributed by atoms with Crippen LogP contribution in [0.1, 0.15) is 26.7 Å². The second-order valence-electron chi connectivity index (χ2n) is 3.15. The molecule has 0 rings (SSSR count). The lowest BCUT2D eigenvalue weighted by Crippen LogP contribution is -2.43. The fraction of sp³-hybridized carbons (Fsp3) is 0.800. The molecule has 1 amide bonds. The zero-order valence-corrected chi connectivity index (χ0v) is 10.2. The van der Waals surface area contributed by atoms with Crippen LogP contribution in [0.2, 0.25) is 0 Å². The molecule has 0 saturated carbocycles. The lowest BCUT2D eigenvalue weighted by Gasteiger charge is -2.25. The Bertz CT molecular complexity index is 206. The lowest BCUT2D eigenvalue weighted by atomic mass is 10.1. The van der Waals surface area contributed by atoms with E-state index in [0.717, 1.165) is 0 Å². The number of ketones is 1. The van der Waals surface area contributed by atoms with E-state index in [-0.39, 0.29) is 17.7 Å². The number of Topliss-reactive ketones (excluding diaryl/α,β-unsaturated/α-hetero) is 1. The fourth-order valence-corrected chi connectivity index (χ4v) is 1.96. The van der Waals surface area contributed by atoms with E-state index in [1.54, 1.807) is 23.7 Å². The van der Waals surface area contributed by atoms with Crippen molar-refractivity contribution in [2.24, 2.45) is 0 Å². The van der Waals surface area contributed by atoms with Crippen molar-refractivity contribution in [3.05, 3.63) is 0 Å². The first-order valence-electron chi connectivity index (χ1n) is 4.85. The highest BCUT2D eigenvalue weighted by molar-refractivity contribution is 7.98. The zero-order chi connectivity index (χ0) is 11.1. The molecule has 82 valence electrons. The highest BCUT2D eigenvalue weighted by Crippen LogP contribution is 2.09. The van der Waals surface area contributed by atoms with Crippen molar-refractivity contribution >= 4 is 23.5 Å². The molecule has 1 atom stereocenters. The van der Waals surface area contributed by atoms with Crippen LogP contribution in [0.15, 0.2) is 0 Å². The maximum atomic E-state index is 11.6. The number of thioether (sulfide) groups is 1. The van der Waals surface area contributed by atoms with Gasteiger partial charge in [-0.25, -0.2) is 0 Å². The number of nitrogens with zero attached hydrogens (tertiary/aromatic N) is 1. The van der Waals surface area contributed by atoms with Crippen LogP contribution in [-0.4, -0.2) is 41.7 Å². The van der Waals surface area contributed by atoms with Crippen molar-refractivity contribution in [3.63, 3.8) is 0 Å². The van der Waals surface area contributed by atoms with Crippen molar-refractivity contribution in [2.75, 3.05) is 19.1 Å². The Morgan fingerprint density at radius 3 is 2.21 bits per heavy atom. The summed E-state index contributed by atoms with van der Waals surface area (Å²) >= 11 is 1.59. The summed E-state index contributed by atoms with van der Waals surface area (Å²) in [6.45, 7) is 3.64. The summed E-state index contributed by atoms with van der Waals surface area (Å²) in [6.07, 6.45) is 2.89. The molecule has 0 fully saturated rings.